The first-order chi connectivity index (χ1) is 21.4. The maximum Gasteiger partial charge on any atom is 0.245 e. The van der Waals surface area contributed by atoms with E-state index in [1.165, 1.54) is 0 Å². The monoisotopic (exact) mass is 579 g/mol. The molecule has 7 nitrogen and oxygen atoms in total. The quantitative estimate of drug-likeness (QED) is 0.250. The van der Waals surface area contributed by atoms with Crippen molar-refractivity contribution in [2.24, 2.45) is 0 Å². The van der Waals surface area contributed by atoms with Crippen LogP contribution in [0.5, 0.6) is 0 Å². The fourth-order valence-corrected chi connectivity index (χ4v) is 6.02. The summed E-state index contributed by atoms with van der Waals surface area (Å²) in [5, 5.41) is 9.50. The molecule has 0 fully saturated rings. The molecule has 6 rings (SSSR count). The number of benzene rings is 4. The van der Waals surface area contributed by atoms with Crippen LogP contribution in [0.2, 0.25) is 0 Å². The number of likely N-dealkylation sites (N-methyl/N-ethyl adjacent to an activating group) is 1. The summed E-state index contributed by atoms with van der Waals surface area (Å²) in [4.78, 5) is 36.1. The Morgan fingerprint density at radius 2 is 1.50 bits per heavy atom. The fourth-order valence-electron chi connectivity index (χ4n) is 6.02. The van der Waals surface area contributed by atoms with Crippen molar-refractivity contribution in [3.63, 3.8) is 0 Å². The van der Waals surface area contributed by atoms with Gasteiger partial charge in [-0.25, -0.2) is 4.98 Å². The molecule has 44 heavy (non-hydrogen) atoms. The van der Waals surface area contributed by atoms with E-state index < -0.39 is 12.0 Å². The number of hydrogen-bond donors (Lipinski definition) is 0. The summed E-state index contributed by atoms with van der Waals surface area (Å²) in [5.41, 5.74) is 7.14. The average Bonchev–Trinajstić information content (AvgIpc) is 3.46. The standard InChI is InChI=1S/C37H33N5O2/c1-40(2)36(43)34-21-33-32(24-42(34)37(44)35(28-11-5-3-6-12-28)29-13-7-4-8-14-29)39-25-41(33)23-26-17-19-27(20-18-26)31-16-10-9-15-30(31)22-38/h3-20,25,34-35H,21,23-24H2,1-2H3/t34-/m0/s1. The van der Waals surface area contributed by atoms with Gasteiger partial charge in [0.15, 0.2) is 0 Å². The molecule has 1 atom stereocenters. The van der Waals surface area contributed by atoms with Crippen molar-refractivity contribution in [3.8, 4) is 17.2 Å². The van der Waals surface area contributed by atoms with E-state index in [0.29, 0.717) is 18.5 Å². The average molecular weight is 580 g/mol. The lowest BCUT2D eigenvalue weighted by Crippen LogP contribution is -2.53. The number of imidazole rings is 1. The summed E-state index contributed by atoms with van der Waals surface area (Å²) in [7, 11) is 3.46. The molecule has 0 aliphatic carbocycles. The Hall–Kier alpha value is -5.48. The first-order valence-corrected chi connectivity index (χ1v) is 14.7. The van der Waals surface area contributed by atoms with Gasteiger partial charge in [-0.2, -0.15) is 5.26 Å². The lowest BCUT2D eigenvalue weighted by Gasteiger charge is -2.38. The zero-order chi connectivity index (χ0) is 30.6. The van der Waals surface area contributed by atoms with Gasteiger partial charge in [0.2, 0.25) is 11.8 Å². The summed E-state index contributed by atoms with van der Waals surface area (Å²) in [6.07, 6.45) is 2.18. The number of amides is 2. The van der Waals surface area contributed by atoms with E-state index in [9.17, 15) is 14.9 Å². The van der Waals surface area contributed by atoms with Gasteiger partial charge in [0.25, 0.3) is 0 Å². The first-order valence-electron chi connectivity index (χ1n) is 14.7. The number of carbonyl (C=O) groups excluding carboxylic acids is 2. The third-order valence-corrected chi connectivity index (χ3v) is 8.30. The van der Waals surface area contributed by atoms with Crippen molar-refractivity contribution >= 4 is 11.8 Å². The van der Waals surface area contributed by atoms with Crippen molar-refractivity contribution in [1.82, 2.24) is 19.4 Å². The molecule has 5 aromatic rings. The molecule has 0 bridgehead atoms. The highest BCUT2D eigenvalue weighted by Crippen LogP contribution is 2.32. The molecule has 0 saturated heterocycles. The molecule has 7 heteroatoms. The molecule has 1 aromatic heterocycles. The predicted octanol–water partition coefficient (Wildman–Crippen LogP) is 5.64. The number of nitrogens with zero attached hydrogens (tertiary/aromatic N) is 5. The van der Waals surface area contributed by atoms with Gasteiger partial charge in [0.05, 0.1) is 36.1 Å². The Morgan fingerprint density at radius 3 is 2.11 bits per heavy atom. The maximum absolute atomic E-state index is 14.4. The van der Waals surface area contributed by atoms with Gasteiger partial charge in [0, 0.05) is 32.8 Å². The van der Waals surface area contributed by atoms with Gasteiger partial charge in [0.1, 0.15) is 6.04 Å². The molecule has 2 amide bonds. The van der Waals surface area contributed by atoms with Gasteiger partial charge < -0.3 is 14.4 Å². The van der Waals surface area contributed by atoms with Crippen LogP contribution in [-0.4, -0.2) is 51.3 Å². The highest BCUT2D eigenvalue weighted by molar-refractivity contribution is 5.93. The summed E-state index contributed by atoms with van der Waals surface area (Å²) < 4.78 is 2.08. The largest absolute Gasteiger partial charge is 0.347 e. The van der Waals surface area contributed by atoms with Crippen molar-refractivity contribution in [2.75, 3.05) is 14.1 Å². The molecule has 0 N–H and O–H groups in total. The topological polar surface area (TPSA) is 82.2 Å². The van der Waals surface area contributed by atoms with E-state index in [1.54, 1.807) is 30.2 Å². The van der Waals surface area contributed by atoms with E-state index >= 15 is 0 Å². The number of nitriles is 1. The molecule has 1 aliphatic rings. The highest BCUT2D eigenvalue weighted by atomic mass is 16.2. The van der Waals surface area contributed by atoms with Gasteiger partial charge in [-0.05, 0) is 33.9 Å². The van der Waals surface area contributed by atoms with E-state index in [1.807, 2.05) is 97.1 Å². The van der Waals surface area contributed by atoms with E-state index in [0.717, 1.165) is 39.2 Å². The number of rotatable bonds is 7. The number of hydrogen-bond acceptors (Lipinski definition) is 4. The number of carbonyl (C=O) groups is 2. The van der Waals surface area contributed by atoms with E-state index in [4.69, 9.17) is 4.98 Å². The highest BCUT2D eigenvalue weighted by Gasteiger charge is 2.40. The second-order valence-electron chi connectivity index (χ2n) is 11.3. The Balaban J connectivity index is 1.30. The second-order valence-corrected chi connectivity index (χ2v) is 11.3. The van der Waals surface area contributed by atoms with Crippen LogP contribution in [0.15, 0.2) is 116 Å². The molecule has 0 spiro atoms. The molecule has 0 unspecified atom stereocenters. The molecule has 1 aliphatic heterocycles. The van der Waals surface area contributed by atoms with E-state index in [2.05, 4.69) is 22.8 Å². The van der Waals surface area contributed by atoms with Gasteiger partial charge in [-0.3, -0.25) is 9.59 Å². The molecule has 218 valence electrons. The van der Waals surface area contributed by atoms with Gasteiger partial charge >= 0.3 is 0 Å². The second kappa shape index (κ2) is 12.4. The minimum absolute atomic E-state index is 0.114. The van der Waals surface area contributed by atoms with Crippen LogP contribution < -0.4 is 0 Å². The van der Waals surface area contributed by atoms with Crippen molar-refractivity contribution in [3.05, 3.63) is 149 Å². The lowest BCUT2D eigenvalue weighted by atomic mass is 9.88. The molecule has 2 heterocycles. The van der Waals surface area contributed by atoms with Crippen LogP contribution in [0.4, 0.5) is 0 Å². The summed E-state index contributed by atoms with van der Waals surface area (Å²) in [6.45, 7) is 0.835. The summed E-state index contributed by atoms with van der Waals surface area (Å²) >= 11 is 0. The van der Waals surface area contributed by atoms with Crippen LogP contribution in [0.25, 0.3) is 11.1 Å². The van der Waals surface area contributed by atoms with Crippen LogP contribution in [0, 0.1) is 11.3 Å². The third-order valence-electron chi connectivity index (χ3n) is 8.30. The Morgan fingerprint density at radius 1 is 0.886 bits per heavy atom. The Labute approximate surface area is 257 Å². The van der Waals surface area contributed by atoms with Crippen molar-refractivity contribution < 1.29 is 9.59 Å². The maximum atomic E-state index is 14.4. The molecule has 4 aromatic carbocycles. The zero-order valence-corrected chi connectivity index (χ0v) is 24.8. The van der Waals surface area contributed by atoms with Crippen LogP contribution in [0.1, 0.15) is 39.6 Å². The zero-order valence-electron chi connectivity index (χ0n) is 24.8. The van der Waals surface area contributed by atoms with Crippen LogP contribution in [0.3, 0.4) is 0 Å². The van der Waals surface area contributed by atoms with Crippen LogP contribution in [-0.2, 0) is 29.1 Å². The fraction of sp³-hybridized carbons (Fsp3) is 0.189. The third kappa shape index (κ3) is 5.62. The van der Waals surface area contributed by atoms with Crippen molar-refractivity contribution in [1.29, 1.82) is 5.26 Å². The summed E-state index contributed by atoms with van der Waals surface area (Å²) in [6, 6.07) is 36.8. The van der Waals surface area contributed by atoms with Crippen LogP contribution >= 0.6 is 0 Å². The summed E-state index contributed by atoms with van der Waals surface area (Å²) in [5.74, 6) is -0.767. The smallest absolute Gasteiger partial charge is 0.245 e. The molecule has 0 saturated carbocycles. The SMILES string of the molecule is CN(C)C(=O)[C@@H]1Cc2c(ncn2Cc2ccc(-c3ccccc3C#N)cc2)CN1C(=O)C(c1ccccc1)c1ccccc1. The number of aromatic nitrogens is 2. The molecular weight excluding hydrogens is 546 g/mol. The molecular formula is C37H33N5O2. The normalized spacial score (nSPS) is 14.1. The number of fused-ring (bicyclic) bond motifs is 1. The Bertz CT molecular complexity index is 1780. The minimum Gasteiger partial charge on any atom is -0.347 e. The van der Waals surface area contributed by atoms with Gasteiger partial charge in [-0.15, -0.1) is 0 Å². The van der Waals surface area contributed by atoms with Crippen molar-refractivity contribution in [2.45, 2.75) is 31.5 Å². The minimum atomic E-state index is -0.653. The van der Waals surface area contributed by atoms with E-state index in [-0.39, 0.29) is 18.4 Å². The Kier molecular flexibility index (Phi) is 8.07. The predicted molar refractivity (Wildman–Crippen MR) is 169 cm³/mol. The lowest BCUT2D eigenvalue weighted by molar-refractivity contribution is -0.146. The first kappa shape index (κ1) is 28.6. The van der Waals surface area contributed by atoms with Gasteiger partial charge in [-0.1, -0.05) is 103 Å². The molecule has 0 radical (unpaired) electrons.